The van der Waals surface area contributed by atoms with E-state index in [0.717, 1.165) is 0 Å². The van der Waals surface area contributed by atoms with Gasteiger partial charge in [0.2, 0.25) is 0 Å². The molecule has 1 atom stereocenters. The van der Waals surface area contributed by atoms with E-state index < -0.39 is 15.7 Å². The summed E-state index contributed by atoms with van der Waals surface area (Å²) in [6.07, 6.45) is 1.12. The molecule has 0 bridgehead atoms. The summed E-state index contributed by atoms with van der Waals surface area (Å²) in [7, 11) is -3.04. The van der Waals surface area contributed by atoms with Crippen LogP contribution < -0.4 is 14.8 Å². The minimum atomic E-state index is -3.04. The standard InChI is InChI=1S/C15H19NO6S/c1-2-21-14-7-11(8-17)3-4-13(14)22-9-15(18)16-12-5-6-23(19,20)10-12/h3-4,7-8,12H,2,5-6,9-10H2,1H3,(H,16,18)/t12-/m0/s1. The second-order valence-corrected chi connectivity index (χ2v) is 7.44. The molecule has 1 N–H and O–H groups in total. The molecule has 0 radical (unpaired) electrons. The third-order valence-electron chi connectivity index (χ3n) is 3.36. The van der Waals surface area contributed by atoms with Crippen LogP contribution in [-0.2, 0) is 14.6 Å². The molecule has 1 aliphatic heterocycles. The van der Waals surface area contributed by atoms with Gasteiger partial charge in [0.25, 0.3) is 5.91 Å². The molecule has 2 rings (SSSR count). The van der Waals surface area contributed by atoms with Gasteiger partial charge in [-0.25, -0.2) is 8.42 Å². The van der Waals surface area contributed by atoms with E-state index in [9.17, 15) is 18.0 Å². The van der Waals surface area contributed by atoms with E-state index in [4.69, 9.17) is 9.47 Å². The lowest BCUT2D eigenvalue weighted by Gasteiger charge is -2.14. The Labute approximate surface area is 134 Å². The number of rotatable bonds is 7. The first-order valence-corrected chi connectivity index (χ1v) is 9.10. The Balaban J connectivity index is 1.92. The van der Waals surface area contributed by atoms with Crippen molar-refractivity contribution in [3.63, 3.8) is 0 Å². The van der Waals surface area contributed by atoms with Crippen molar-refractivity contribution in [1.82, 2.24) is 5.32 Å². The maximum Gasteiger partial charge on any atom is 0.258 e. The first kappa shape index (κ1) is 17.3. The number of amides is 1. The number of benzene rings is 1. The Kier molecular flexibility index (Phi) is 5.59. The summed E-state index contributed by atoms with van der Waals surface area (Å²) in [6.45, 7) is 1.94. The topological polar surface area (TPSA) is 98.8 Å². The smallest absolute Gasteiger partial charge is 0.258 e. The SMILES string of the molecule is CCOc1cc(C=O)ccc1OCC(=O)N[C@H]1CCS(=O)(=O)C1. The molecule has 0 aliphatic carbocycles. The lowest BCUT2D eigenvalue weighted by Crippen LogP contribution is -2.38. The summed E-state index contributed by atoms with van der Waals surface area (Å²) in [4.78, 5) is 22.6. The molecule has 0 spiro atoms. The van der Waals surface area contributed by atoms with Gasteiger partial charge in [-0.05, 0) is 31.5 Å². The molecule has 126 valence electrons. The third-order valence-corrected chi connectivity index (χ3v) is 5.13. The van der Waals surface area contributed by atoms with Gasteiger partial charge in [0, 0.05) is 11.6 Å². The van der Waals surface area contributed by atoms with Gasteiger partial charge in [0.15, 0.2) is 27.9 Å². The highest BCUT2D eigenvalue weighted by atomic mass is 32.2. The van der Waals surface area contributed by atoms with Gasteiger partial charge in [0.05, 0.1) is 18.1 Å². The van der Waals surface area contributed by atoms with Crippen molar-refractivity contribution in [2.24, 2.45) is 0 Å². The van der Waals surface area contributed by atoms with Gasteiger partial charge in [-0.2, -0.15) is 0 Å². The first-order valence-electron chi connectivity index (χ1n) is 7.28. The van der Waals surface area contributed by atoms with E-state index in [1.165, 1.54) is 6.07 Å². The van der Waals surface area contributed by atoms with E-state index >= 15 is 0 Å². The average Bonchev–Trinajstić information content (AvgIpc) is 2.85. The molecule has 1 amide bonds. The molecule has 8 heteroatoms. The van der Waals surface area contributed by atoms with Crippen LogP contribution in [-0.4, -0.2) is 51.4 Å². The fraction of sp³-hybridized carbons (Fsp3) is 0.467. The maximum absolute atomic E-state index is 11.8. The Morgan fingerprint density at radius 1 is 1.35 bits per heavy atom. The number of sulfone groups is 1. The number of carbonyl (C=O) groups excluding carboxylic acids is 2. The molecule has 1 saturated heterocycles. The molecule has 0 unspecified atom stereocenters. The van der Waals surface area contributed by atoms with Crippen molar-refractivity contribution < 1.29 is 27.5 Å². The summed E-state index contributed by atoms with van der Waals surface area (Å²) >= 11 is 0. The van der Waals surface area contributed by atoms with Gasteiger partial charge in [-0.1, -0.05) is 0 Å². The summed E-state index contributed by atoms with van der Waals surface area (Å²) in [5, 5.41) is 2.64. The largest absolute Gasteiger partial charge is 0.490 e. The van der Waals surface area contributed by atoms with E-state index in [0.29, 0.717) is 36.4 Å². The summed E-state index contributed by atoms with van der Waals surface area (Å²) in [5.41, 5.74) is 0.446. The van der Waals surface area contributed by atoms with E-state index in [-0.39, 0.29) is 24.2 Å². The number of aldehydes is 1. The minimum absolute atomic E-state index is 0.0308. The lowest BCUT2D eigenvalue weighted by atomic mass is 10.2. The van der Waals surface area contributed by atoms with Crippen LogP contribution in [0.15, 0.2) is 18.2 Å². The summed E-state index contributed by atoms with van der Waals surface area (Å²) < 4.78 is 33.5. The second-order valence-electron chi connectivity index (χ2n) is 5.21. The predicted octanol–water partition coefficient (Wildman–Crippen LogP) is 0.580. The van der Waals surface area contributed by atoms with Crippen LogP contribution in [0.2, 0.25) is 0 Å². The first-order chi connectivity index (χ1) is 10.9. The predicted molar refractivity (Wildman–Crippen MR) is 83.7 cm³/mol. The Morgan fingerprint density at radius 3 is 2.74 bits per heavy atom. The molecule has 7 nitrogen and oxygen atoms in total. The zero-order chi connectivity index (χ0) is 16.9. The molecule has 1 aliphatic rings. The second kappa shape index (κ2) is 7.45. The van der Waals surface area contributed by atoms with Gasteiger partial charge in [-0.15, -0.1) is 0 Å². The molecule has 0 saturated carbocycles. The molecular formula is C15H19NO6S. The normalized spacial score (nSPS) is 19.1. The van der Waals surface area contributed by atoms with Crippen LogP contribution in [0, 0.1) is 0 Å². The number of hydrogen-bond donors (Lipinski definition) is 1. The molecule has 1 heterocycles. The van der Waals surface area contributed by atoms with Crippen molar-refractivity contribution in [2.75, 3.05) is 24.7 Å². The van der Waals surface area contributed by atoms with Crippen LogP contribution in [0.4, 0.5) is 0 Å². The van der Waals surface area contributed by atoms with Gasteiger partial charge >= 0.3 is 0 Å². The highest BCUT2D eigenvalue weighted by Crippen LogP contribution is 2.28. The molecule has 23 heavy (non-hydrogen) atoms. The van der Waals surface area contributed by atoms with Crippen LogP contribution in [0.1, 0.15) is 23.7 Å². The van der Waals surface area contributed by atoms with E-state index in [1.807, 2.05) is 0 Å². The van der Waals surface area contributed by atoms with E-state index in [2.05, 4.69) is 5.32 Å². The van der Waals surface area contributed by atoms with Crippen LogP contribution in [0.5, 0.6) is 11.5 Å². The zero-order valence-corrected chi connectivity index (χ0v) is 13.6. The molecular weight excluding hydrogens is 322 g/mol. The van der Waals surface area contributed by atoms with Crippen LogP contribution in [0.25, 0.3) is 0 Å². The molecule has 1 fully saturated rings. The van der Waals surface area contributed by atoms with Crippen molar-refractivity contribution in [3.05, 3.63) is 23.8 Å². The van der Waals surface area contributed by atoms with E-state index in [1.54, 1.807) is 19.1 Å². The quantitative estimate of drug-likeness (QED) is 0.729. The summed E-state index contributed by atoms with van der Waals surface area (Å²) in [5.74, 6) is 0.409. The zero-order valence-electron chi connectivity index (χ0n) is 12.8. The fourth-order valence-electron chi connectivity index (χ4n) is 2.31. The van der Waals surface area contributed by atoms with Gasteiger partial charge in [0.1, 0.15) is 6.29 Å². The fourth-order valence-corrected chi connectivity index (χ4v) is 3.98. The number of nitrogens with one attached hydrogen (secondary N) is 1. The Hall–Kier alpha value is -2.09. The average molecular weight is 341 g/mol. The summed E-state index contributed by atoms with van der Waals surface area (Å²) in [6, 6.07) is 4.29. The molecule has 1 aromatic carbocycles. The van der Waals surface area contributed by atoms with Crippen molar-refractivity contribution >= 4 is 22.0 Å². The third kappa shape index (κ3) is 4.95. The van der Waals surface area contributed by atoms with Gasteiger partial charge < -0.3 is 14.8 Å². The van der Waals surface area contributed by atoms with Crippen molar-refractivity contribution in [1.29, 1.82) is 0 Å². The highest BCUT2D eigenvalue weighted by molar-refractivity contribution is 7.91. The monoisotopic (exact) mass is 341 g/mol. The van der Waals surface area contributed by atoms with Crippen LogP contribution in [0.3, 0.4) is 0 Å². The van der Waals surface area contributed by atoms with Crippen LogP contribution >= 0.6 is 0 Å². The highest BCUT2D eigenvalue weighted by Gasteiger charge is 2.28. The molecule has 0 aromatic heterocycles. The molecule has 1 aromatic rings. The Bertz CT molecular complexity index is 685. The minimum Gasteiger partial charge on any atom is -0.490 e. The number of carbonyl (C=O) groups is 2. The Morgan fingerprint density at radius 2 is 2.13 bits per heavy atom. The maximum atomic E-state index is 11.8. The lowest BCUT2D eigenvalue weighted by molar-refractivity contribution is -0.123. The number of ether oxygens (including phenoxy) is 2. The number of hydrogen-bond acceptors (Lipinski definition) is 6. The van der Waals surface area contributed by atoms with Gasteiger partial charge in [-0.3, -0.25) is 9.59 Å². The van der Waals surface area contributed by atoms with Crippen molar-refractivity contribution in [3.8, 4) is 11.5 Å². The van der Waals surface area contributed by atoms with Crippen molar-refractivity contribution in [2.45, 2.75) is 19.4 Å².